The van der Waals surface area contributed by atoms with E-state index in [0.29, 0.717) is 0 Å². The molecule has 0 bridgehead atoms. The summed E-state index contributed by atoms with van der Waals surface area (Å²) in [5, 5.41) is 0. The van der Waals surface area contributed by atoms with Gasteiger partial charge in [-0.15, -0.1) is 0 Å². The second kappa shape index (κ2) is 3.92. The third-order valence-electron chi connectivity index (χ3n) is 4.72. The summed E-state index contributed by atoms with van der Waals surface area (Å²) < 4.78 is 14.3. The van der Waals surface area contributed by atoms with Crippen molar-refractivity contribution in [3.05, 3.63) is 12.2 Å². The van der Waals surface area contributed by atoms with Crippen LogP contribution in [0.15, 0.2) is 12.2 Å². The summed E-state index contributed by atoms with van der Waals surface area (Å²) in [6.07, 6.45) is 9.20. The molecule has 0 aliphatic heterocycles. The molecule has 1 heteroatoms. The summed E-state index contributed by atoms with van der Waals surface area (Å²) in [6, 6.07) is 0. The Balaban J connectivity index is 3.02. The summed E-state index contributed by atoms with van der Waals surface area (Å²) in [5.41, 5.74) is -1.47. The van der Waals surface area contributed by atoms with Crippen LogP contribution in [0.3, 0.4) is 0 Å². The van der Waals surface area contributed by atoms with Gasteiger partial charge in [-0.2, -0.15) is 0 Å². The van der Waals surface area contributed by atoms with Crippen LogP contribution in [0, 0.1) is 10.8 Å². The van der Waals surface area contributed by atoms with E-state index in [-0.39, 0.29) is 10.8 Å². The van der Waals surface area contributed by atoms with Crippen LogP contribution in [0.1, 0.15) is 60.3 Å². The van der Waals surface area contributed by atoms with Crippen LogP contribution in [0.25, 0.3) is 0 Å². The molecule has 0 aromatic carbocycles. The minimum Gasteiger partial charge on any atom is -0.244 e. The van der Waals surface area contributed by atoms with Crippen LogP contribution in [-0.4, -0.2) is 5.67 Å². The fourth-order valence-corrected chi connectivity index (χ4v) is 2.38. The SMILES string of the molecule is CC(C)(F)C(C)(C)C1(C)C=CCCCC1. The predicted octanol–water partition coefficient (Wildman–Crippen LogP) is 4.90. The van der Waals surface area contributed by atoms with Crippen molar-refractivity contribution in [1.29, 1.82) is 0 Å². The van der Waals surface area contributed by atoms with Crippen molar-refractivity contribution in [2.75, 3.05) is 0 Å². The monoisotopic (exact) mass is 212 g/mol. The van der Waals surface area contributed by atoms with E-state index in [1.807, 2.05) is 0 Å². The average Bonchev–Trinajstić information content (AvgIpc) is 2.29. The molecule has 1 unspecified atom stereocenters. The van der Waals surface area contributed by atoms with E-state index in [9.17, 15) is 4.39 Å². The molecule has 0 aromatic rings. The molecule has 0 spiro atoms. The molecule has 15 heavy (non-hydrogen) atoms. The van der Waals surface area contributed by atoms with Crippen LogP contribution in [0.5, 0.6) is 0 Å². The highest BCUT2D eigenvalue weighted by Gasteiger charge is 2.49. The Morgan fingerprint density at radius 3 is 2.27 bits per heavy atom. The molecule has 1 atom stereocenters. The van der Waals surface area contributed by atoms with Crippen molar-refractivity contribution < 1.29 is 4.39 Å². The van der Waals surface area contributed by atoms with E-state index in [1.165, 1.54) is 12.8 Å². The largest absolute Gasteiger partial charge is 0.244 e. The quantitative estimate of drug-likeness (QED) is 0.571. The van der Waals surface area contributed by atoms with Crippen molar-refractivity contribution in [3.8, 4) is 0 Å². The molecular weight excluding hydrogens is 187 g/mol. The molecule has 1 rings (SSSR count). The molecule has 1 aliphatic rings. The molecule has 0 nitrogen and oxygen atoms in total. The van der Waals surface area contributed by atoms with Crippen LogP contribution >= 0.6 is 0 Å². The lowest BCUT2D eigenvalue weighted by Gasteiger charge is -2.48. The lowest BCUT2D eigenvalue weighted by Crippen LogP contribution is -2.46. The maximum absolute atomic E-state index is 14.3. The van der Waals surface area contributed by atoms with Gasteiger partial charge >= 0.3 is 0 Å². The molecule has 0 N–H and O–H groups in total. The maximum atomic E-state index is 14.3. The Labute approximate surface area is 94.0 Å². The molecule has 1 aliphatic carbocycles. The first-order valence-corrected chi connectivity index (χ1v) is 6.07. The third-order valence-corrected chi connectivity index (χ3v) is 4.72. The highest BCUT2D eigenvalue weighted by Crippen LogP contribution is 2.52. The Bertz CT molecular complexity index is 245. The van der Waals surface area contributed by atoms with E-state index >= 15 is 0 Å². The van der Waals surface area contributed by atoms with Crippen LogP contribution in [0.2, 0.25) is 0 Å². The Kier molecular flexibility index (Phi) is 3.33. The van der Waals surface area contributed by atoms with Crippen molar-refractivity contribution in [1.82, 2.24) is 0 Å². The summed E-state index contributed by atoms with van der Waals surface area (Å²) in [5.74, 6) is 0. The van der Waals surface area contributed by atoms with E-state index in [4.69, 9.17) is 0 Å². The molecule has 0 fully saturated rings. The van der Waals surface area contributed by atoms with Crippen LogP contribution in [0.4, 0.5) is 4.39 Å². The molecule has 0 heterocycles. The molecule has 0 saturated carbocycles. The minimum atomic E-state index is -1.14. The first-order chi connectivity index (χ1) is 6.71. The first-order valence-electron chi connectivity index (χ1n) is 6.07. The highest BCUT2D eigenvalue weighted by atomic mass is 19.1. The summed E-state index contributed by atoms with van der Waals surface area (Å²) in [4.78, 5) is 0. The second-order valence-electron chi connectivity index (χ2n) is 6.16. The molecule has 0 radical (unpaired) electrons. The van der Waals surface area contributed by atoms with Gasteiger partial charge < -0.3 is 0 Å². The van der Waals surface area contributed by atoms with Gasteiger partial charge in [0, 0.05) is 5.41 Å². The van der Waals surface area contributed by atoms with Gasteiger partial charge in [-0.3, -0.25) is 0 Å². The minimum absolute atomic E-state index is 0.0122. The average molecular weight is 212 g/mol. The number of alkyl halides is 1. The van der Waals surface area contributed by atoms with Crippen molar-refractivity contribution >= 4 is 0 Å². The lowest BCUT2D eigenvalue weighted by molar-refractivity contribution is -0.0328. The van der Waals surface area contributed by atoms with Gasteiger partial charge in [-0.25, -0.2) is 4.39 Å². The normalized spacial score (nSPS) is 28.9. The summed E-state index contributed by atoms with van der Waals surface area (Å²) in [7, 11) is 0. The van der Waals surface area contributed by atoms with E-state index in [0.717, 1.165) is 12.8 Å². The van der Waals surface area contributed by atoms with E-state index < -0.39 is 5.67 Å². The Hall–Kier alpha value is -0.330. The van der Waals surface area contributed by atoms with Gasteiger partial charge in [0.2, 0.25) is 0 Å². The van der Waals surface area contributed by atoms with Crippen molar-refractivity contribution in [2.24, 2.45) is 10.8 Å². The molecule has 0 saturated heterocycles. The molecule has 0 aromatic heterocycles. The van der Waals surface area contributed by atoms with Crippen molar-refractivity contribution in [3.63, 3.8) is 0 Å². The number of rotatable bonds is 2. The topological polar surface area (TPSA) is 0 Å². The van der Waals surface area contributed by atoms with E-state index in [2.05, 4.69) is 32.9 Å². The lowest BCUT2D eigenvalue weighted by atomic mass is 9.58. The smallest absolute Gasteiger partial charge is 0.111 e. The number of hydrogen-bond donors (Lipinski definition) is 0. The Morgan fingerprint density at radius 1 is 1.13 bits per heavy atom. The predicted molar refractivity (Wildman–Crippen MR) is 64.7 cm³/mol. The van der Waals surface area contributed by atoms with Crippen molar-refractivity contribution in [2.45, 2.75) is 66.0 Å². The van der Waals surface area contributed by atoms with Gasteiger partial charge in [0.1, 0.15) is 5.67 Å². The zero-order valence-electron chi connectivity index (χ0n) is 10.9. The highest BCUT2D eigenvalue weighted by molar-refractivity contribution is 5.10. The zero-order valence-corrected chi connectivity index (χ0v) is 10.9. The van der Waals surface area contributed by atoms with Gasteiger partial charge in [-0.1, -0.05) is 39.3 Å². The van der Waals surface area contributed by atoms with Gasteiger partial charge in [-0.05, 0) is 38.5 Å². The number of allylic oxidation sites excluding steroid dienone is 2. The second-order valence-corrected chi connectivity index (χ2v) is 6.16. The number of hydrogen-bond acceptors (Lipinski definition) is 0. The standard InChI is InChI=1S/C14H25F/c1-12(2,13(3,4)15)14(5)10-8-6-7-9-11-14/h8,10H,6-7,9,11H2,1-5H3. The maximum Gasteiger partial charge on any atom is 0.111 e. The number of halogens is 1. The van der Waals surface area contributed by atoms with Crippen LogP contribution < -0.4 is 0 Å². The molecular formula is C14H25F. The van der Waals surface area contributed by atoms with Crippen LogP contribution in [-0.2, 0) is 0 Å². The van der Waals surface area contributed by atoms with Gasteiger partial charge in [0.15, 0.2) is 0 Å². The molecule has 0 amide bonds. The van der Waals surface area contributed by atoms with Gasteiger partial charge in [0.25, 0.3) is 0 Å². The third kappa shape index (κ3) is 2.26. The van der Waals surface area contributed by atoms with E-state index in [1.54, 1.807) is 13.8 Å². The first kappa shape index (κ1) is 12.7. The summed E-state index contributed by atoms with van der Waals surface area (Å²) >= 11 is 0. The molecule has 88 valence electrons. The fourth-order valence-electron chi connectivity index (χ4n) is 2.38. The zero-order chi connectivity index (χ0) is 11.7. The van der Waals surface area contributed by atoms with Gasteiger partial charge in [0.05, 0.1) is 0 Å². The Morgan fingerprint density at radius 2 is 1.73 bits per heavy atom. The summed E-state index contributed by atoms with van der Waals surface area (Å²) in [6.45, 7) is 9.73. The fraction of sp³-hybridized carbons (Fsp3) is 0.857.